The van der Waals surface area contributed by atoms with Gasteiger partial charge in [-0.05, 0) is 51.4 Å². The number of aliphatic hydroxyl groups excluding tert-OH is 2. The first-order valence-electron chi connectivity index (χ1n) is 30.9. The Labute approximate surface area is 425 Å². The van der Waals surface area contributed by atoms with Crippen molar-refractivity contribution in [3.8, 4) is 0 Å². The van der Waals surface area contributed by atoms with E-state index in [2.05, 4.69) is 31.3 Å². The zero-order chi connectivity index (χ0) is 49.3. The number of unbranched alkanes of at least 4 members (excludes halogenated alkanes) is 45. The lowest BCUT2D eigenvalue weighted by Crippen LogP contribution is -2.45. The van der Waals surface area contributed by atoms with Gasteiger partial charge < -0.3 is 20.3 Å². The Hall–Kier alpha value is -1.40. The van der Waals surface area contributed by atoms with Gasteiger partial charge in [0.1, 0.15) is 0 Å². The van der Waals surface area contributed by atoms with Crippen molar-refractivity contribution in [3.63, 3.8) is 0 Å². The summed E-state index contributed by atoms with van der Waals surface area (Å²) in [6, 6.07) is -0.544. The summed E-state index contributed by atoms with van der Waals surface area (Å²) >= 11 is 0. The van der Waals surface area contributed by atoms with E-state index >= 15 is 0 Å². The molecule has 0 aromatic heterocycles. The maximum Gasteiger partial charge on any atom is 0.305 e. The third kappa shape index (κ3) is 53.9. The van der Waals surface area contributed by atoms with E-state index < -0.39 is 12.1 Å². The second-order valence-corrected chi connectivity index (χ2v) is 21.4. The van der Waals surface area contributed by atoms with E-state index in [1.165, 1.54) is 270 Å². The molecule has 0 saturated carbocycles. The summed E-state index contributed by atoms with van der Waals surface area (Å²) in [7, 11) is 0. The Morgan fingerprint density at radius 1 is 0.397 bits per heavy atom. The number of ether oxygens (including phenoxy) is 1. The molecule has 404 valence electrons. The fourth-order valence-corrected chi connectivity index (χ4v) is 9.81. The zero-order valence-electron chi connectivity index (χ0n) is 46.1. The molecular formula is C62H121NO5. The normalized spacial score (nSPS) is 12.6. The number of rotatable bonds is 58. The topological polar surface area (TPSA) is 95.9 Å². The van der Waals surface area contributed by atoms with Crippen LogP contribution in [0.15, 0.2) is 12.2 Å². The van der Waals surface area contributed by atoms with Gasteiger partial charge in [-0.1, -0.05) is 296 Å². The van der Waals surface area contributed by atoms with Crippen LogP contribution in [0.25, 0.3) is 0 Å². The Morgan fingerprint density at radius 2 is 0.691 bits per heavy atom. The van der Waals surface area contributed by atoms with E-state index in [-0.39, 0.29) is 18.5 Å². The monoisotopic (exact) mass is 960 g/mol. The van der Waals surface area contributed by atoms with Crippen molar-refractivity contribution >= 4 is 11.9 Å². The number of hydrogen-bond donors (Lipinski definition) is 3. The number of allylic oxidation sites excluding steroid dienone is 2. The highest BCUT2D eigenvalue weighted by Gasteiger charge is 2.20. The van der Waals surface area contributed by atoms with Gasteiger partial charge in [-0.3, -0.25) is 9.59 Å². The maximum absolute atomic E-state index is 12.5. The predicted octanol–water partition coefficient (Wildman–Crippen LogP) is 19.2. The molecule has 0 aliphatic rings. The van der Waals surface area contributed by atoms with Crippen LogP contribution in [0.2, 0.25) is 0 Å². The maximum atomic E-state index is 12.5. The third-order valence-electron chi connectivity index (χ3n) is 14.6. The van der Waals surface area contributed by atoms with E-state index in [9.17, 15) is 19.8 Å². The van der Waals surface area contributed by atoms with Crippen molar-refractivity contribution in [1.82, 2.24) is 5.32 Å². The van der Waals surface area contributed by atoms with Gasteiger partial charge in [-0.25, -0.2) is 0 Å². The number of aliphatic hydroxyl groups is 2. The molecule has 0 aromatic rings. The van der Waals surface area contributed by atoms with E-state index in [4.69, 9.17) is 4.74 Å². The SMILES string of the molecule is CCCCCCCC/C=C\CCCCCCCC(=O)OCCCCCCCCCCCCCCCCCCCCC(=O)NC(CO)C(O)CCCCCCCCCCCCCCCCCCCC. The Morgan fingerprint density at radius 3 is 1.04 bits per heavy atom. The highest BCUT2D eigenvalue weighted by molar-refractivity contribution is 5.76. The molecule has 0 fully saturated rings. The van der Waals surface area contributed by atoms with Gasteiger partial charge in [0.05, 0.1) is 25.4 Å². The summed E-state index contributed by atoms with van der Waals surface area (Å²) in [6.45, 7) is 4.96. The van der Waals surface area contributed by atoms with Crippen molar-refractivity contribution in [3.05, 3.63) is 12.2 Å². The highest BCUT2D eigenvalue weighted by Crippen LogP contribution is 2.18. The van der Waals surface area contributed by atoms with Crippen LogP contribution in [0.4, 0.5) is 0 Å². The highest BCUT2D eigenvalue weighted by atomic mass is 16.5. The lowest BCUT2D eigenvalue weighted by Gasteiger charge is -2.22. The molecule has 0 heterocycles. The molecule has 0 rings (SSSR count). The summed E-state index contributed by atoms with van der Waals surface area (Å²) in [5.41, 5.74) is 0. The molecule has 0 aliphatic heterocycles. The fraction of sp³-hybridized carbons (Fsp3) is 0.935. The van der Waals surface area contributed by atoms with Crippen LogP contribution in [-0.2, 0) is 14.3 Å². The minimum atomic E-state index is -0.667. The van der Waals surface area contributed by atoms with Crippen molar-refractivity contribution < 1.29 is 24.5 Å². The first-order chi connectivity index (χ1) is 33.5. The van der Waals surface area contributed by atoms with Crippen LogP contribution in [0.5, 0.6) is 0 Å². The van der Waals surface area contributed by atoms with Crippen LogP contribution >= 0.6 is 0 Å². The molecule has 0 radical (unpaired) electrons. The van der Waals surface area contributed by atoms with Gasteiger partial charge in [-0.2, -0.15) is 0 Å². The van der Waals surface area contributed by atoms with Crippen molar-refractivity contribution in [2.24, 2.45) is 0 Å². The number of esters is 1. The Balaban J connectivity index is 3.40. The van der Waals surface area contributed by atoms with Crippen LogP contribution in [0, 0.1) is 0 Å². The molecule has 6 nitrogen and oxygen atoms in total. The average molecular weight is 961 g/mol. The Kier molecular flexibility index (Phi) is 57.0. The minimum Gasteiger partial charge on any atom is -0.466 e. The third-order valence-corrected chi connectivity index (χ3v) is 14.6. The second-order valence-electron chi connectivity index (χ2n) is 21.4. The van der Waals surface area contributed by atoms with Gasteiger partial charge in [0.25, 0.3) is 0 Å². The molecule has 68 heavy (non-hydrogen) atoms. The molecule has 0 aliphatic carbocycles. The van der Waals surface area contributed by atoms with E-state index in [0.29, 0.717) is 25.9 Å². The summed E-state index contributed by atoms with van der Waals surface area (Å²) in [6.07, 6.45) is 69.2. The molecule has 3 N–H and O–H groups in total. The molecule has 0 bridgehead atoms. The van der Waals surface area contributed by atoms with Gasteiger partial charge in [-0.15, -0.1) is 0 Å². The molecule has 0 saturated heterocycles. The van der Waals surface area contributed by atoms with E-state index in [0.717, 1.165) is 44.9 Å². The van der Waals surface area contributed by atoms with Gasteiger partial charge in [0.15, 0.2) is 0 Å². The summed E-state index contributed by atoms with van der Waals surface area (Å²) < 4.78 is 5.48. The first-order valence-corrected chi connectivity index (χ1v) is 30.9. The van der Waals surface area contributed by atoms with Crippen LogP contribution < -0.4 is 5.32 Å². The van der Waals surface area contributed by atoms with Crippen molar-refractivity contribution in [2.75, 3.05) is 13.2 Å². The molecular weight excluding hydrogens is 839 g/mol. The lowest BCUT2D eigenvalue weighted by molar-refractivity contribution is -0.143. The van der Waals surface area contributed by atoms with Gasteiger partial charge >= 0.3 is 5.97 Å². The molecule has 6 heteroatoms. The smallest absolute Gasteiger partial charge is 0.305 e. The summed E-state index contributed by atoms with van der Waals surface area (Å²) in [5, 5.41) is 23.3. The summed E-state index contributed by atoms with van der Waals surface area (Å²) in [4.78, 5) is 24.6. The van der Waals surface area contributed by atoms with E-state index in [1.54, 1.807) is 0 Å². The number of amides is 1. The standard InChI is InChI=1S/C62H121NO5/c1-3-5-7-9-11-13-15-17-19-20-23-27-30-34-38-42-46-50-54-60(65)59(58-64)63-61(66)55-51-47-43-39-35-31-28-24-21-22-25-29-33-37-41-45-49-53-57-68-62(67)56-52-48-44-40-36-32-26-18-16-14-12-10-8-6-4-2/h18,26,59-60,64-65H,3-17,19-25,27-58H2,1-2H3,(H,63,66)/b26-18-. The second kappa shape index (κ2) is 58.2. The van der Waals surface area contributed by atoms with Gasteiger partial charge in [0, 0.05) is 12.8 Å². The first kappa shape index (κ1) is 66.6. The van der Waals surface area contributed by atoms with Gasteiger partial charge in [0.2, 0.25) is 5.91 Å². The Bertz CT molecular complexity index is 1020. The van der Waals surface area contributed by atoms with E-state index in [1.807, 2.05) is 0 Å². The molecule has 2 atom stereocenters. The van der Waals surface area contributed by atoms with Crippen molar-refractivity contribution in [1.29, 1.82) is 0 Å². The largest absolute Gasteiger partial charge is 0.466 e. The fourth-order valence-electron chi connectivity index (χ4n) is 9.81. The predicted molar refractivity (Wildman–Crippen MR) is 297 cm³/mol. The number of carbonyl (C=O) groups excluding carboxylic acids is 2. The molecule has 1 amide bonds. The zero-order valence-corrected chi connectivity index (χ0v) is 46.1. The molecule has 0 spiro atoms. The van der Waals surface area contributed by atoms with Crippen LogP contribution in [0.3, 0.4) is 0 Å². The summed E-state index contributed by atoms with van der Waals surface area (Å²) in [5.74, 6) is -0.0355. The van der Waals surface area contributed by atoms with Crippen LogP contribution in [0.1, 0.15) is 348 Å². The molecule has 2 unspecified atom stereocenters. The van der Waals surface area contributed by atoms with Crippen molar-refractivity contribution in [2.45, 2.75) is 360 Å². The lowest BCUT2D eigenvalue weighted by atomic mass is 10.0. The average Bonchev–Trinajstić information content (AvgIpc) is 3.34. The number of nitrogens with one attached hydrogen (secondary N) is 1. The van der Waals surface area contributed by atoms with Crippen LogP contribution in [-0.4, -0.2) is 47.4 Å². The number of hydrogen-bond acceptors (Lipinski definition) is 5. The minimum absolute atomic E-state index is 0.000329. The molecule has 0 aromatic carbocycles. The number of carbonyl (C=O) groups is 2. The quantitative estimate of drug-likeness (QED) is 0.0321.